The van der Waals surface area contributed by atoms with Crippen LogP contribution in [-0.2, 0) is 0 Å². The Morgan fingerprint density at radius 3 is 2.46 bits per heavy atom. The van der Waals surface area contributed by atoms with E-state index in [1.165, 1.54) is 6.21 Å². The molecule has 0 bridgehead atoms. The first-order valence-electron chi connectivity index (χ1n) is 7.29. The molecular weight excluding hydrogens is 308 g/mol. The third-order valence-electron chi connectivity index (χ3n) is 2.92. The first-order chi connectivity index (χ1) is 11.7. The highest BCUT2D eigenvalue weighted by Gasteiger charge is 2.05. The van der Waals surface area contributed by atoms with Crippen molar-refractivity contribution in [1.29, 1.82) is 0 Å². The molecule has 0 unspecified atom stereocenters. The molecule has 7 nitrogen and oxygen atoms in total. The normalized spacial score (nSPS) is 10.4. The standard InChI is InChI=1S/C17H20N4O3/c1-22-16-11-13(12-20-21-17(18)19)7-8-15(16)24-10-9-23-14-5-3-2-4-6-14/h2-8,11-12H,9-10H2,1H3,(H4,18,19,21). The molecule has 0 aliphatic carbocycles. The number of hydrogen-bond acceptors (Lipinski definition) is 5. The second-order valence-corrected chi connectivity index (χ2v) is 4.69. The van der Waals surface area contributed by atoms with Crippen molar-refractivity contribution in [3.8, 4) is 17.2 Å². The summed E-state index contributed by atoms with van der Waals surface area (Å²) < 4.78 is 16.6. The Balaban J connectivity index is 1.90. The monoisotopic (exact) mass is 328 g/mol. The van der Waals surface area contributed by atoms with E-state index in [1.54, 1.807) is 19.2 Å². The zero-order chi connectivity index (χ0) is 17.2. The minimum Gasteiger partial charge on any atom is -0.493 e. The van der Waals surface area contributed by atoms with Crippen LogP contribution in [0.15, 0.2) is 58.7 Å². The first kappa shape index (κ1) is 17.1. The van der Waals surface area contributed by atoms with Gasteiger partial charge in [0.1, 0.15) is 19.0 Å². The van der Waals surface area contributed by atoms with Crippen LogP contribution in [0.25, 0.3) is 0 Å². The van der Waals surface area contributed by atoms with Crippen molar-refractivity contribution < 1.29 is 14.2 Å². The summed E-state index contributed by atoms with van der Waals surface area (Å²) in [5.74, 6) is 1.91. The Bertz CT molecular complexity index is 698. The van der Waals surface area contributed by atoms with Crippen LogP contribution in [0.2, 0.25) is 0 Å². The Morgan fingerprint density at radius 1 is 1.00 bits per heavy atom. The van der Waals surface area contributed by atoms with Crippen LogP contribution in [0.3, 0.4) is 0 Å². The Kier molecular flexibility index (Phi) is 6.46. The molecule has 0 aliphatic rings. The van der Waals surface area contributed by atoms with Crippen LogP contribution in [0.4, 0.5) is 0 Å². The molecule has 0 atom stereocenters. The van der Waals surface area contributed by atoms with Crippen molar-refractivity contribution in [1.82, 2.24) is 0 Å². The first-order valence-corrected chi connectivity index (χ1v) is 7.29. The molecule has 0 aliphatic heterocycles. The van der Waals surface area contributed by atoms with Crippen LogP contribution in [0.1, 0.15) is 5.56 Å². The van der Waals surface area contributed by atoms with E-state index in [4.69, 9.17) is 25.7 Å². The summed E-state index contributed by atoms with van der Waals surface area (Å²) >= 11 is 0. The van der Waals surface area contributed by atoms with E-state index in [9.17, 15) is 0 Å². The van der Waals surface area contributed by atoms with Gasteiger partial charge in [-0.15, -0.1) is 5.10 Å². The van der Waals surface area contributed by atoms with Crippen LogP contribution < -0.4 is 25.7 Å². The molecule has 0 saturated heterocycles. The number of hydrogen-bond donors (Lipinski definition) is 2. The van der Waals surface area contributed by atoms with Crippen LogP contribution in [-0.4, -0.2) is 32.5 Å². The van der Waals surface area contributed by atoms with Gasteiger partial charge < -0.3 is 25.7 Å². The molecule has 0 spiro atoms. The van der Waals surface area contributed by atoms with Gasteiger partial charge >= 0.3 is 0 Å². The zero-order valence-electron chi connectivity index (χ0n) is 13.4. The average Bonchev–Trinajstić information content (AvgIpc) is 2.60. The van der Waals surface area contributed by atoms with E-state index in [-0.39, 0.29) is 5.96 Å². The molecule has 0 aromatic heterocycles. The van der Waals surface area contributed by atoms with Gasteiger partial charge in [0.05, 0.1) is 13.3 Å². The number of para-hydroxylation sites is 1. The van der Waals surface area contributed by atoms with Crippen LogP contribution in [0, 0.1) is 0 Å². The highest BCUT2D eigenvalue weighted by Crippen LogP contribution is 2.27. The fourth-order valence-electron chi connectivity index (χ4n) is 1.87. The fraction of sp³-hybridized carbons (Fsp3) is 0.176. The van der Waals surface area contributed by atoms with Gasteiger partial charge in [-0.2, -0.15) is 5.10 Å². The molecule has 2 rings (SSSR count). The van der Waals surface area contributed by atoms with Gasteiger partial charge in [0.2, 0.25) is 5.96 Å². The van der Waals surface area contributed by atoms with E-state index >= 15 is 0 Å². The topological polar surface area (TPSA) is 104 Å². The van der Waals surface area contributed by atoms with Crippen molar-refractivity contribution in [2.24, 2.45) is 21.7 Å². The van der Waals surface area contributed by atoms with Crippen molar-refractivity contribution >= 4 is 12.2 Å². The second-order valence-electron chi connectivity index (χ2n) is 4.69. The van der Waals surface area contributed by atoms with Gasteiger partial charge in [-0.3, -0.25) is 0 Å². The maximum absolute atomic E-state index is 5.69. The smallest absolute Gasteiger partial charge is 0.211 e. The van der Waals surface area contributed by atoms with Gasteiger partial charge in [-0.05, 0) is 35.9 Å². The average molecular weight is 328 g/mol. The number of guanidine groups is 1. The lowest BCUT2D eigenvalue weighted by Gasteiger charge is -2.12. The summed E-state index contributed by atoms with van der Waals surface area (Å²) in [5.41, 5.74) is 11.2. The largest absolute Gasteiger partial charge is 0.493 e. The summed E-state index contributed by atoms with van der Waals surface area (Å²) in [6, 6.07) is 14.9. The van der Waals surface area contributed by atoms with Gasteiger partial charge in [0.15, 0.2) is 11.5 Å². The summed E-state index contributed by atoms with van der Waals surface area (Å²) in [6.45, 7) is 0.827. The van der Waals surface area contributed by atoms with E-state index in [0.29, 0.717) is 24.7 Å². The maximum atomic E-state index is 5.69. The summed E-state index contributed by atoms with van der Waals surface area (Å²) in [5, 5.41) is 7.29. The molecular formula is C17H20N4O3. The number of benzene rings is 2. The fourth-order valence-corrected chi connectivity index (χ4v) is 1.87. The second kappa shape index (κ2) is 9.04. The van der Waals surface area contributed by atoms with Crippen molar-refractivity contribution in [3.63, 3.8) is 0 Å². The van der Waals surface area contributed by atoms with Gasteiger partial charge in [0.25, 0.3) is 0 Å². The molecule has 0 radical (unpaired) electrons. The van der Waals surface area contributed by atoms with E-state index in [1.807, 2.05) is 36.4 Å². The highest BCUT2D eigenvalue weighted by molar-refractivity contribution is 5.82. The van der Waals surface area contributed by atoms with Crippen molar-refractivity contribution in [3.05, 3.63) is 54.1 Å². The predicted molar refractivity (Wildman–Crippen MR) is 93.8 cm³/mol. The Hall–Kier alpha value is -3.22. The SMILES string of the molecule is COc1cc(C=NN=C(N)N)ccc1OCCOc1ccccc1. The van der Waals surface area contributed by atoms with Gasteiger partial charge in [-0.25, -0.2) is 0 Å². The lowest BCUT2D eigenvalue weighted by Crippen LogP contribution is -2.21. The molecule has 2 aromatic carbocycles. The number of nitrogens with two attached hydrogens (primary N) is 2. The number of rotatable bonds is 8. The number of nitrogens with zero attached hydrogens (tertiary/aromatic N) is 2. The molecule has 2 aromatic rings. The molecule has 126 valence electrons. The molecule has 0 fully saturated rings. The van der Waals surface area contributed by atoms with E-state index in [0.717, 1.165) is 11.3 Å². The molecule has 4 N–H and O–H groups in total. The molecule has 0 amide bonds. The molecule has 7 heteroatoms. The van der Waals surface area contributed by atoms with Crippen molar-refractivity contribution in [2.75, 3.05) is 20.3 Å². The minimum absolute atomic E-state index is 0.100. The third-order valence-corrected chi connectivity index (χ3v) is 2.92. The van der Waals surface area contributed by atoms with Gasteiger partial charge in [-0.1, -0.05) is 18.2 Å². The van der Waals surface area contributed by atoms with Crippen LogP contribution >= 0.6 is 0 Å². The molecule has 0 heterocycles. The van der Waals surface area contributed by atoms with E-state index < -0.39 is 0 Å². The Morgan fingerprint density at radius 2 is 1.75 bits per heavy atom. The summed E-state index contributed by atoms with van der Waals surface area (Å²) in [6.07, 6.45) is 1.52. The number of methoxy groups -OCH3 is 1. The predicted octanol–water partition coefficient (Wildman–Crippen LogP) is 1.76. The van der Waals surface area contributed by atoms with E-state index in [2.05, 4.69) is 10.2 Å². The minimum atomic E-state index is -0.100. The third kappa shape index (κ3) is 5.53. The number of ether oxygens (including phenoxy) is 3. The quantitative estimate of drug-likeness (QED) is 0.332. The Labute approximate surface area is 140 Å². The van der Waals surface area contributed by atoms with Crippen molar-refractivity contribution in [2.45, 2.75) is 0 Å². The van der Waals surface area contributed by atoms with Crippen LogP contribution in [0.5, 0.6) is 17.2 Å². The molecule has 24 heavy (non-hydrogen) atoms. The lowest BCUT2D eigenvalue weighted by molar-refractivity contribution is 0.211. The highest BCUT2D eigenvalue weighted by atomic mass is 16.5. The zero-order valence-corrected chi connectivity index (χ0v) is 13.4. The summed E-state index contributed by atoms with van der Waals surface area (Å²) in [4.78, 5) is 0. The lowest BCUT2D eigenvalue weighted by atomic mass is 10.2. The summed E-state index contributed by atoms with van der Waals surface area (Å²) in [7, 11) is 1.57. The molecule has 0 saturated carbocycles. The van der Waals surface area contributed by atoms with Gasteiger partial charge in [0, 0.05) is 0 Å². The maximum Gasteiger partial charge on any atom is 0.211 e.